The summed E-state index contributed by atoms with van der Waals surface area (Å²) in [5.41, 5.74) is 1.04. The maximum absolute atomic E-state index is 13.8. The third kappa shape index (κ3) is 5.99. The largest absolute Gasteiger partial charge is 0.495 e. The summed E-state index contributed by atoms with van der Waals surface area (Å²) in [6.45, 7) is 1.77. The number of halogens is 2. The monoisotopic (exact) mass is 458 g/mol. The summed E-state index contributed by atoms with van der Waals surface area (Å²) >= 11 is 7.42. The molecular formula is C23H20ClFN2O3S. The van der Waals surface area contributed by atoms with E-state index in [-0.39, 0.29) is 11.5 Å². The first kappa shape index (κ1) is 22.7. The zero-order valence-electron chi connectivity index (χ0n) is 16.8. The van der Waals surface area contributed by atoms with Gasteiger partial charge in [-0.1, -0.05) is 29.8 Å². The molecule has 5 nitrogen and oxygen atoms in total. The Labute approximate surface area is 188 Å². The average molecular weight is 459 g/mol. The Kier molecular flexibility index (Phi) is 7.55. The fourth-order valence-electron chi connectivity index (χ4n) is 2.74. The number of benzene rings is 3. The number of ether oxygens (including phenoxy) is 1. The zero-order chi connectivity index (χ0) is 22.4. The molecule has 2 N–H and O–H groups in total. The standard InChI is InChI=1S/C23H20ClFN2O3S/c1-14(22(28)26-16-10-11-21(30-2)19(24)13-16)31-17-7-5-6-15(12-17)27-23(29)18-8-3-4-9-20(18)25/h3-14H,1-2H3,(H,26,28)(H,27,29). The van der Waals surface area contributed by atoms with Gasteiger partial charge < -0.3 is 15.4 Å². The van der Waals surface area contributed by atoms with Gasteiger partial charge in [0.05, 0.1) is 22.9 Å². The van der Waals surface area contributed by atoms with E-state index in [2.05, 4.69) is 10.6 Å². The molecule has 1 unspecified atom stereocenters. The van der Waals surface area contributed by atoms with Crippen molar-refractivity contribution >= 4 is 46.6 Å². The molecule has 31 heavy (non-hydrogen) atoms. The van der Waals surface area contributed by atoms with Crippen LogP contribution in [0.3, 0.4) is 0 Å². The van der Waals surface area contributed by atoms with E-state index in [0.29, 0.717) is 22.1 Å². The van der Waals surface area contributed by atoms with Crippen LogP contribution in [-0.4, -0.2) is 24.2 Å². The Morgan fingerprint density at radius 1 is 1.00 bits per heavy atom. The molecule has 0 bridgehead atoms. The lowest BCUT2D eigenvalue weighted by Gasteiger charge is -2.14. The fourth-order valence-corrected chi connectivity index (χ4v) is 3.92. The van der Waals surface area contributed by atoms with Crippen LogP contribution in [0.2, 0.25) is 5.02 Å². The molecule has 160 valence electrons. The second-order valence-electron chi connectivity index (χ2n) is 6.56. The molecule has 1 atom stereocenters. The van der Waals surface area contributed by atoms with E-state index in [0.717, 1.165) is 4.90 Å². The van der Waals surface area contributed by atoms with E-state index in [1.165, 1.54) is 37.1 Å². The SMILES string of the molecule is COc1ccc(NC(=O)C(C)Sc2cccc(NC(=O)c3ccccc3F)c2)cc1Cl. The summed E-state index contributed by atoms with van der Waals surface area (Å²) in [6.07, 6.45) is 0. The van der Waals surface area contributed by atoms with Gasteiger partial charge in [0.2, 0.25) is 5.91 Å². The van der Waals surface area contributed by atoms with Gasteiger partial charge in [0.15, 0.2) is 0 Å². The molecule has 0 saturated heterocycles. The summed E-state index contributed by atoms with van der Waals surface area (Å²) in [5.74, 6) is -0.805. The molecule has 0 heterocycles. The lowest BCUT2D eigenvalue weighted by molar-refractivity contribution is -0.115. The lowest BCUT2D eigenvalue weighted by Crippen LogP contribution is -2.22. The molecule has 0 aliphatic rings. The number of carbonyl (C=O) groups is 2. The number of thioether (sulfide) groups is 1. The topological polar surface area (TPSA) is 67.4 Å². The van der Waals surface area contributed by atoms with E-state index in [9.17, 15) is 14.0 Å². The van der Waals surface area contributed by atoms with Crippen molar-refractivity contribution in [2.24, 2.45) is 0 Å². The highest BCUT2D eigenvalue weighted by molar-refractivity contribution is 8.00. The summed E-state index contributed by atoms with van der Waals surface area (Å²) in [5, 5.41) is 5.48. The first-order chi connectivity index (χ1) is 14.9. The van der Waals surface area contributed by atoms with Gasteiger partial charge >= 0.3 is 0 Å². The minimum absolute atomic E-state index is 0.0357. The Hall–Kier alpha value is -3.03. The summed E-state index contributed by atoms with van der Waals surface area (Å²) < 4.78 is 18.9. The number of methoxy groups -OCH3 is 1. The Bertz CT molecular complexity index is 1110. The van der Waals surface area contributed by atoms with E-state index < -0.39 is 17.0 Å². The summed E-state index contributed by atoms with van der Waals surface area (Å²) in [4.78, 5) is 25.6. The predicted molar refractivity (Wildman–Crippen MR) is 123 cm³/mol. The molecule has 3 aromatic rings. The quantitative estimate of drug-likeness (QED) is 0.435. The van der Waals surface area contributed by atoms with Crippen LogP contribution in [0.1, 0.15) is 17.3 Å². The molecule has 0 aliphatic heterocycles. The number of rotatable bonds is 7. The Morgan fingerprint density at radius 2 is 1.74 bits per heavy atom. The molecule has 0 saturated carbocycles. The molecule has 0 radical (unpaired) electrons. The van der Waals surface area contributed by atoms with Crippen LogP contribution in [0.25, 0.3) is 0 Å². The Morgan fingerprint density at radius 3 is 2.45 bits per heavy atom. The Balaban J connectivity index is 1.63. The number of amides is 2. The molecule has 3 aromatic carbocycles. The maximum atomic E-state index is 13.8. The third-order valence-electron chi connectivity index (χ3n) is 4.31. The van der Waals surface area contributed by atoms with Gasteiger partial charge in [0.25, 0.3) is 5.91 Å². The minimum Gasteiger partial charge on any atom is -0.495 e. The van der Waals surface area contributed by atoms with Crippen molar-refractivity contribution < 1.29 is 18.7 Å². The first-order valence-electron chi connectivity index (χ1n) is 9.34. The van der Waals surface area contributed by atoms with Crippen molar-refractivity contribution in [2.75, 3.05) is 17.7 Å². The zero-order valence-corrected chi connectivity index (χ0v) is 18.4. The molecule has 8 heteroatoms. The minimum atomic E-state index is -0.588. The van der Waals surface area contributed by atoms with E-state index >= 15 is 0 Å². The van der Waals surface area contributed by atoms with Gasteiger partial charge in [-0.2, -0.15) is 0 Å². The number of hydrogen-bond acceptors (Lipinski definition) is 4. The highest BCUT2D eigenvalue weighted by atomic mass is 35.5. The number of hydrogen-bond donors (Lipinski definition) is 2. The molecule has 3 rings (SSSR count). The van der Waals surface area contributed by atoms with Gasteiger partial charge in [-0.15, -0.1) is 11.8 Å². The van der Waals surface area contributed by atoms with Crippen LogP contribution in [-0.2, 0) is 4.79 Å². The smallest absolute Gasteiger partial charge is 0.258 e. The van der Waals surface area contributed by atoms with Crippen LogP contribution in [0.5, 0.6) is 5.75 Å². The van der Waals surface area contributed by atoms with Gasteiger partial charge in [0.1, 0.15) is 11.6 Å². The summed E-state index contributed by atoms with van der Waals surface area (Å²) in [6, 6.07) is 17.8. The fraction of sp³-hybridized carbons (Fsp3) is 0.130. The average Bonchev–Trinajstić information content (AvgIpc) is 2.74. The van der Waals surface area contributed by atoms with Gasteiger partial charge in [0, 0.05) is 16.3 Å². The van der Waals surface area contributed by atoms with E-state index in [4.69, 9.17) is 16.3 Å². The van der Waals surface area contributed by atoms with E-state index in [1.54, 1.807) is 49.4 Å². The van der Waals surface area contributed by atoms with Crippen LogP contribution >= 0.6 is 23.4 Å². The van der Waals surface area contributed by atoms with Crippen molar-refractivity contribution in [3.63, 3.8) is 0 Å². The lowest BCUT2D eigenvalue weighted by atomic mass is 10.2. The van der Waals surface area contributed by atoms with Gasteiger partial charge in [-0.25, -0.2) is 4.39 Å². The van der Waals surface area contributed by atoms with Crippen LogP contribution in [0, 0.1) is 5.82 Å². The number of anilines is 2. The normalized spacial score (nSPS) is 11.5. The van der Waals surface area contributed by atoms with Crippen molar-refractivity contribution in [3.8, 4) is 5.75 Å². The van der Waals surface area contributed by atoms with Gasteiger partial charge in [-0.05, 0) is 55.5 Å². The first-order valence-corrected chi connectivity index (χ1v) is 10.6. The number of carbonyl (C=O) groups excluding carboxylic acids is 2. The van der Waals surface area contributed by atoms with Crippen molar-refractivity contribution in [1.82, 2.24) is 0 Å². The molecule has 0 aliphatic carbocycles. The summed E-state index contributed by atoms with van der Waals surface area (Å²) in [7, 11) is 1.52. The molecule has 2 amide bonds. The second-order valence-corrected chi connectivity index (χ2v) is 8.38. The van der Waals surface area contributed by atoms with Crippen molar-refractivity contribution in [1.29, 1.82) is 0 Å². The van der Waals surface area contributed by atoms with Crippen molar-refractivity contribution in [2.45, 2.75) is 17.1 Å². The number of nitrogens with one attached hydrogen (secondary N) is 2. The molecule has 0 spiro atoms. The van der Waals surface area contributed by atoms with Crippen LogP contribution < -0.4 is 15.4 Å². The predicted octanol–water partition coefficient (Wildman–Crippen LogP) is 5.86. The van der Waals surface area contributed by atoms with Crippen LogP contribution in [0.15, 0.2) is 71.6 Å². The highest BCUT2D eigenvalue weighted by Gasteiger charge is 2.16. The molecule has 0 aromatic heterocycles. The molecule has 0 fully saturated rings. The van der Waals surface area contributed by atoms with Crippen LogP contribution in [0.4, 0.5) is 15.8 Å². The molecular weight excluding hydrogens is 439 g/mol. The van der Waals surface area contributed by atoms with E-state index in [1.807, 2.05) is 6.07 Å². The highest BCUT2D eigenvalue weighted by Crippen LogP contribution is 2.29. The van der Waals surface area contributed by atoms with Crippen molar-refractivity contribution in [3.05, 3.63) is 83.1 Å². The third-order valence-corrected chi connectivity index (χ3v) is 5.70. The second kappa shape index (κ2) is 10.3. The van der Waals surface area contributed by atoms with Gasteiger partial charge in [-0.3, -0.25) is 9.59 Å². The maximum Gasteiger partial charge on any atom is 0.258 e.